The minimum Gasteiger partial charge on any atom is -0.507 e. The Labute approximate surface area is 188 Å². The third kappa shape index (κ3) is 5.07. The van der Waals surface area contributed by atoms with Gasteiger partial charge in [-0.2, -0.15) is 0 Å². The number of benzene rings is 3. The Morgan fingerprint density at radius 1 is 1.12 bits per heavy atom. The number of aliphatic hydroxyl groups excluding tert-OH is 1. The smallest absolute Gasteiger partial charge is 0.274 e. The van der Waals surface area contributed by atoms with Crippen molar-refractivity contribution in [3.8, 4) is 5.75 Å². The van der Waals surface area contributed by atoms with Crippen LogP contribution in [0, 0.1) is 5.82 Å². The van der Waals surface area contributed by atoms with Crippen LogP contribution in [-0.2, 0) is 6.54 Å². The number of fused-ring (bicyclic) bond motifs is 1. The van der Waals surface area contributed by atoms with E-state index in [4.69, 9.17) is 4.74 Å². The fourth-order valence-corrected chi connectivity index (χ4v) is 3.22. The molecule has 0 spiro atoms. The lowest BCUT2D eigenvalue weighted by atomic mass is 10.1. The van der Waals surface area contributed by atoms with E-state index in [0.29, 0.717) is 27.9 Å². The number of nitrogens with zero attached hydrogens (tertiary/aromatic N) is 1. The highest BCUT2D eigenvalue weighted by molar-refractivity contribution is 5.97. The summed E-state index contributed by atoms with van der Waals surface area (Å²) >= 11 is 0. The van der Waals surface area contributed by atoms with E-state index in [9.17, 15) is 19.1 Å². The molecule has 1 heterocycles. The molecule has 0 aliphatic rings. The van der Waals surface area contributed by atoms with Gasteiger partial charge in [0, 0.05) is 23.7 Å². The lowest BCUT2D eigenvalue weighted by molar-refractivity contribution is 0.0951. The van der Waals surface area contributed by atoms with E-state index in [2.05, 4.69) is 15.3 Å². The van der Waals surface area contributed by atoms with Crippen LogP contribution in [-0.4, -0.2) is 28.1 Å². The minimum atomic E-state index is -0.513. The number of aromatic nitrogens is 2. The summed E-state index contributed by atoms with van der Waals surface area (Å²) in [6.07, 6.45) is 1.27. The molecule has 3 aromatic carbocycles. The number of hydrogen-bond donors (Lipinski definition) is 3. The molecule has 0 fully saturated rings. The Balaban J connectivity index is 1.56. The Morgan fingerprint density at radius 3 is 2.67 bits per heavy atom. The third-order valence-electron chi connectivity index (χ3n) is 4.99. The number of carbonyl (C=O) groups is 1. The van der Waals surface area contributed by atoms with E-state index in [1.165, 1.54) is 31.4 Å². The van der Waals surface area contributed by atoms with Crippen LogP contribution in [0.4, 0.5) is 4.39 Å². The van der Waals surface area contributed by atoms with Crippen LogP contribution in [0.5, 0.6) is 5.75 Å². The van der Waals surface area contributed by atoms with E-state index in [1.54, 1.807) is 48.5 Å². The molecule has 0 saturated carbocycles. The molecule has 0 radical (unpaired) electrons. The number of carbonyl (C=O) groups excluding carboxylic acids is 1. The van der Waals surface area contributed by atoms with Gasteiger partial charge in [-0.3, -0.25) is 9.59 Å². The van der Waals surface area contributed by atoms with Gasteiger partial charge in [-0.1, -0.05) is 24.3 Å². The first-order valence-corrected chi connectivity index (χ1v) is 10.0. The predicted molar refractivity (Wildman–Crippen MR) is 123 cm³/mol. The van der Waals surface area contributed by atoms with Gasteiger partial charge in [-0.05, 0) is 48.0 Å². The van der Waals surface area contributed by atoms with Gasteiger partial charge < -0.3 is 20.1 Å². The quantitative estimate of drug-likeness (QED) is 0.388. The first kappa shape index (κ1) is 21.8. The molecule has 4 aromatic rings. The molecule has 0 saturated heterocycles. The fourth-order valence-electron chi connectivity index (χ4n) is 3.22. The number of amides is 1. The number of nitrogens with one attached hydrogen (secondary N) is 2. The number of halogens is 1. The molecule has 8 heteroatoms. The molecular formula is C25H20FN3O4. The van der Waals surface area contributed by atoms with Crippen molar-refractivity contribution < 1.29 is 19.0 Å². The molecule has 0 aliphatic carbocycles. The van der Waals surface area contributed by atoms with Crippen molar-refractivity contribution in [3.05, 3.63) is 105 Å². The van der Waals surface area contributed by atoms with Crippen LogP contribution in [0.25, 0.3) is 22.9 Å². The summed E-state index contributed by atoms with van der Waals surface area (Å²) in [5.74, 6) is -0.259. The third-order valence-corrected chi connectivity index (χ3v) is 4.99. The Kier molecular flexibility index (Phi) is 6.17. The van der Waals surface area contributed by atoms with Gasteiger partial charge in [0.15, 0.2) is 0 Å². The Morgan fingerprint density at radius 2 is 1.91 bits per heavy atom. The number of ether oxygens (including phenoxy) is 1. The number of aromatic amines is 1. The normalized spacial score (nSPS) is 11.4. The van der Waals surface area contributed by atoms with E-state index < -0.39 is 5.56 Å². The molecule has 1 amide bonds. The average Bonchev–Trinajstić information content (AvgIpc) is 2.83. The number of methoxy groups -OCH3 is 1. The van der Waals surface area contributed by atoms with Crippen LogP contribution >= 0.6 is 0 Å². The maximum absolute atomic E-state index is 13.0. The monoisotopic (exact) mass is 445 g/mol. The molecule has 7 nitrogen and oxygen atoms in total. The number of aliphatic hydroxyl groups is 1. The number of rotatable bonds is 6. The summed E-state index contributed by atoms with van der Waals surface area (Å²) in [4.78, 5) is 32.0. The van der Waals surface area contributed by atoms with Crippen LogP contribution in [0.2, 0.25) is 0 Å². The van der Waals surface area contributed by atoms with Crippen molar-refractivity contribution in [1.29, 1.82) is 0 Å². The van der Waals surface area contributed by atoms with Crippen LogP contribution in [0.3, 0.4) is 0 Å². The first-order chi connectivity index (χ1) is 15.9. The summed E-state index contributed by atoms with van der Waals surface area (Å²) in [6.45, 7) is 0.235. The summed E-state index contributed by atoms with van der Waals surface area (Å²) < 4.78 is 18.1. The standard InChI is InChI=1S/C25H20FN3O4/c1-33-19-4-2-3-16(11-19)23(30)13-22-25(32)29-21-12-17(7-10-20(21)28-22)24(31)27-14-15-5-8-18(26)9-6-15/h2-13,30H,14H2,1H3,(H,27,31)(H,29,32). The fraction of sp³-hybridized carbons (Fsp3) is 0.0800. The van der Waals surface area contributed by atoms with Gasteiger partial charge in [-0.15, -0.1) is 0 Å². The molecule has 0 aliphatic heterocycles. The number of H-pyrrole nitrogens is 1. The van der Waals surface area contributed by atoms with Crippen molar-refractivity contribution in [2.24, 2.45) is 0 Å². The van der Waals surface area contributed by atoms with Gasteiger partial charge in [0.25, 0.3) is 11.5 Å². The highest BCUT2D eigenvalue weighted by Crippen LogP contribution is 2.20. The highest BCUT2D eigenvalue weighted by Gasteiger charge is 2.10. The Bertz CT molecular complexity index is 1410. The summed E-state index contributed by atoms with van der Waals surface area (Å²) in [7, 11) is 1.52. The van der Waals surface area contributed by atoms with Gasteiger partial charge in [-0.25, -0.2) is 9.37 Å². The molecule has 1 aromatic heterocycles. The lowest BCUT2D eigenvalue weighted by Gasteiger charge is -2.07. The zero-order chi connectivity index (χ0) is 23.4. The maximum Gasteiger partial charge on any atom is 0.274 e. The maximum atomic E-state index is 13.0. The topological polar surface area (TPSA) is 104 Å². The van der Waals surface area contributed by atoms with Crippen molar-refractivity contribution in [2.45, 2.75) is 6.54 Å². The lowest BCUT2D eigenvalue weighted by Crippen LogP contribution is -2.23. The zero-order valence-electron chi connectivity index (χ0n) is 17.6. The molecule has 0 unspecified atom stereocenters. The minimum absolute atomic E-state index is 0.0244. The predicted octanol–water partition coefficient (Wildman–Crippen LogP) is 4.06. The van der Waals surface area contributed by atoms with Gasteiger partial charge in [0.1, 0.15) is 23.0 Å². The zero-order valence-corrected chi connectivity index (χ0v) is 17.6. The Hall–Kier alpha value is -4.46. The average molecular weight is 445 g/mol. The van der Waals surface area contributed by atoms with E-state index in [1.807, 2.05) is 0 Å². The van der Waals surface area contributed by atoms with Crippen molar-refractivity contribution >= 4 is 28.8 Å². The summed E-state index contributed by atoms with van der Waals surface area (Å²) in [6, 6.07) is 17.3. The van der Waals surface area contributed by atoms with E-state index in [-0.39, 0.29) is 29.7 Å². The molecule has 3 N–H and O–H groups in total. The second-order valence-electron chi connectivity index (χ2n) is 7.25. The van der Waals surface area contributed by atoms with Crippen molar-refractivity contribution in [2.75, 3.05) is 7.11 Å². The van der Waals surface area contributed by atoms with Crippen LogP contribution in [0.1, 0.15) is 27.2 Å². The number of hydrogen-bond acceptors (Lipinski definition) is 5. The SMILES string of the molecule is COc1cccc(C(O)=Cc2nc3ccc(C(=O)NCc4ccc(F)cc4)cc3[nH]c2=O)c1. The van der Waals surface area contributed by atoms with E-state index >= 15 is 0 Å². The van der Waals surface area contributed by atoms with E-state index in [0.717, 1.165) is 5.56 Å². The summed E-state index contributed by atoms with van der Waals surface area (Å²) in [5.41, 5.74) is 1.92. The molecule has 33 heavy (non-hydrogen) atoms. The highest BCUT2D eigenvalue weighted by atomic mass is 19.1. The summed E-state index contributed by atoms with van der Waals surface area (Å²) in [5, 5.41) is 13.2. The molecule has 0 atom stereocenters. The molecule has 0 bridgehead atoms. The van der Waals surface area contributed by atoms with Crippen LogP contribution in [0.15, 0.2) is 71.5 Å². The van der Waals surface area contributed by atoms with Gasteiger partial charge in [0.2, 0.25) is 0 Å². The van der Waals surface area contributed by atoms with Gasteiger partial charge in [0.05, 0.1) is 18.1 Å². The first-order valence-electron chi connectivity index (χ1n) is 10.0. The van der Waals surface area contributed by atoms with Gasteiger partial charge >= 0.3 is 0 Å². The molecular weight excluding hydrogens is 425 g/mol. The van der Waals surface area contributed by atoms with Crippen molar-refractivity contribution in [3.63, 3.8) is 0 Å². The largest absolute Gasteiger partial charge is 0.507 e. The molecule has 166 valence electrons. The molecule has 4 rings (SSSR count). The van der Waals surface area contributed by atoms with Crippen LogP contribution < -0.4 is 15.6 Å². The van der Waals surface area contributed by atoms with Crippen molar-refractivity contribution in [1.82, 2.24) is 15.3 Å². The second-order valence-corrected chi connectivity index (χ2v) is 7.25. The second kappa shape index (κ2) is 9.35.